The molecule has 0 amide bonds. The van der Waals surface area contributed by atoms with Gasteiger partial charge in [0.05, 0.1) is 5.56 Å². The number of benzene rings is 1. The maximum atomic E-state index is 13.5. The molecule has 1 saturated carbocycles. The molecule has 1 aromatic rings. The Morgan fingerprint density at radius 1 is 1.42 bits per heavy atom. The molecule has 1 aliphatic rings. The van der Waals surface area contributed by atoms with Crippen molar-refractivity contribution in [3.8, 4) is 11.8 Å². The average Bonchev–Trinajstić information content (AvgIpc) is 2.34. The molecule has 0 radical (unpaired) electrons. The Morgan fingerprint density at radius 2 is 2.21 bits per heavy atom. The first-order valence-electron chi connectivity index (χ1n) is 6.75. The van der Waals surface area contributed by atoms with Gasteiger partial charge in [0.1, 0.15) is 12.4 Å². The van der Waals surface area contributed by atoms with Crippen LogP contribution in [0.15, 0.2) is 18.2 Å². The number of aliphatic hydroxyl groups excluding tert-OH is 1. The smallest absolute Gasteiger partial charge is 0.138 e. The highest BCUT2D eigenvalue weighted by molar-refractivity contribution is 5.38. The quantitative estimate of drug-likeness (QED) is 0.841. The molecule has 0 bridgehead atoms. The third kappa shape index (κ3) is 4.05. The molecule has 0 aliphatic heterocycles. The van der Waals surface area contributed by atoms with Crippen LogP contribution in [0.5, 0.6) is 0 Å². The summed E-state index contributed by atoms with van der Waals surface area (Å²) in [6, 6.07) is 5.03. The molecule has 0 heterocycles. The van der Waals surface area contributed by atoms with Crippen molar-refractivity contribution in [3.05, 3.63) is 35.1 Å². The van der Waals surface area contributed by atoms with Crippen LogP contribution < -0.4 is 0 Å². The van der Waals surface area contributed by atoms with E-state index in [1.807, 2.05) is 0 Å². The maximum absolute atomic E-state index is 13.5. The van der Waals surface area contributed by atoms with Crippen molar-refractivity contribution in [2.24, 2.45) is 5.92 Å². The Balaban J connectivity index is 1.99. The van der Waals surface area contributed by atoms with E-state index in [2.05, 4.69) is 23.8 Å². The second-order valence-corrected chi connectivity index (χ2v) is 5.27. The van der Waals surface area contributed by atoms with Crippen LogP contribution in [0.1, 0.15) is 30.4 Å². The van der Waals surface area contributed by atoms with Crippen molar-refractivity contribution in [2.75, 3.05) is 20.2 Å². The molecule has 2 rings (SSSR count). The largest absolute Gasteiger partial charge is 0.384 e. The van der Waals surface area contributed by atoms with Gasteiger partial charge >= 0.3 is 0 Å². The minimum Gasteiger partial charge on any atom is -0.384 e. The van der Waals surface area contributed by atoms with E-state index in [1.54, 1.807) is 12.1 Å². The van der Waals surface area contributed by atoms with E-state index in [0.717, 1.165) is 24.6 Å². The van der Waals surface area contributed by atoms with Gasteiger partial charge in [0, 0.05) is 13.1 Å². The van der Waals surface area contributed by atoms with Crippen LogP contribution in [0.2, 0.25) is 0 Å². The minimum atomic E-state index is -0.327. The molecular weight excluding hydrogens is 241 g/mol. The monoisotopic (exact) mass is 261 g/mol. The Bertz CT molecular complexity index is 485. The molecule has 102 valence electrons. The van der Waals surface area contributed by atoms with Crippen LogP contribution in [0.4, 0.5) is 4.39 Å². The second-order valence-electron chi connectivity index (χ2n) is 5.27. The Kier molecular flexibility index (Phi) is 4.95. The molecule has 0 aromatic heterocycles. The molecule has 1 aromatic carbocycles. The van der Waals surface area contributed by atoms with E-state index in [4.69, 9.17) is 5.11 Å². The lowest BCUT2D eigenvalue weighted by molar-refractivity contribution is 0.200. The van der Waals surface area contributed by atoms with Crippen molar-refractivity contribution in [3.63, 3.8) is 0 Å². The van der Waals surface area contributed by atoms with Crippen molar-refractivity contribution in [2.45, 2.75) is 25.8 Å². The van der Waals surface area contributed by atoms with Crippen LogP contribution in [0.3, 0.4) is 0 Å². The summed E-state index contributed by atoms with van der Waals surface area (Å²) in [5, 5.41) is 8.66. The van der Waals surface area contributed by atoms with Crippen LogP contribution >= 0.6 is 0 Å². The number of halogens is 1. The van der Waals surface area contributed by atoms with Crippen molar-refractivity contribution >= 4 is 0 Å². The first kappa shape index (κ1) is 14.0. The molecule has 0 spiro atoms. The van der Waals surface area contributed by atoms with Crippen LogP contribution in [0.25, 0.3) is 0 Å². The van der Waals surface area contributed by atoms with Crippen molar-refractivity contribution in [1.82, 2.24) is 4.90 Å². The summed E-state index contributed by atoms with van der Waals surface area (Å²) in [4.78, 5) is 2.28. The van der Waals surface area contributed by atoms with E-state index in [1.165, 1.54) is 25.3 Å². The van der Waals surface area contributed by atoms with Crippen molar-refractivity contribution < 1.29 is 9.50 Å². The van der Waals surface area contributed by atoms with Crippen LogP contribution in [0, 0.1) is 23.6 Å². The molecule has 0 unspecified atom stereocenters. The molecular formula is C16H20FNO. The molecule has 19 heavy (non-hydrogen) atoms. The van der Waals surface area contributed by atoms with Crippen LogP contribution in [-0.4, -0.2) is 30.2 Å². The van der Waals surface area contributed by atoms with Gasteiger partial charge in [0.25, 0.3) is 0 Å². The third-order valence-electron chi connectivity index (χ3n) is 3.58. The summed E-state index contributed by atoms with van der Waals surface area (Å²) in [5.41, 5.74) is 1.43. The number of hydrogen-bond acceptors (Lipinski definition) is 2. The molecule has 0 saturated heterocycles. The Labute approximate surface area is 114 Å². The fourth-order valence-corrected chi connectivity index (χ4v) is 2.39. The SMILES string of the molecule is CN(Cc1ccc(F)c(C#CCO)c1)CC1CCC1. The average molecular weight is 261 g/mol. The predicted octanol–water partition coefficient (Wildman–Crippen LogP) is 2.40. The van der Waals surface area contributed by atoms with Gasteiger partial charge < -0.3 is 10.0 Å². The first-order chi connectivity index (χ1) is 9.19. The standard InChI is InChI=1S/C16H20FNO/c1-18(11-13-4-2-5-13)12-14-7-8-16(17)15(10-14)6-3-9-19/h7-8,10,13,19H,2,4-5,9,11-12H2,1H3. The van der Waals surface area contributed by atoms with E-state index in [0.29, 0.717) is 5.56 Å². The minimum absolute atomic E-state index is 0.245. The van der Waals surface area contributed by atoms with Gasteiger partial charge in [-0.05, 0) is 43.5 Å². The van der Waals surface area contributed by atoms with Gasteiger partial charge in [0.2, 0.25) is 0 Å². The van der Waals surface area contributed by atoms with Crippen LogP contribution in [-0.2, 0) is 6.54 Å². The highest BCUT2D eigenvalue weighted by Gasteiger charge is 2.19. The summed E-state index contributed by atoms with van der Waals surface area (Å²) >= 11 is 0. The number of aliphatic hydroxyl groups is 1. The van der Waals surface area contributed by atoms with Gasteiger partial charge in [0.15, 0.2) is 0 Å². The zero-order valence-corrected chi connectivity index (χ0v) is 11.3. The Hall–Kier alpha value is -1.37. The number of rotatable bonds is 4. The molecule has 1 fully saturated rings. The lowest BCUT2D eigenvalue weighted by Crippen LogP contribution is -2.29. The number of hydrogen-bond donors (Lipinski definition) is 1. The number of nitrogens with zero attached hydrogens (tertiary/aromatic N) is 1. The van der Waals surface area contributed by atoms with E-state index in [-0.39, 0.29) is 12.4 Å². The van der Waals surface area contributed by atoms with Gasteiger partial charge in [-0.3, -0.25) is 0 Å². The van der Waals surface area contributed by atoms with Gasteiger partial charge in [-0.15, -0.1) is 0 Å². The fourth-order valence-electron chi connectivity index (χ4n) is 2.39. The summed E-state index contributed by atoms with van der Waals surface area (Å²) < 4.78 is 13.5. The summed E-state index contributed by atoms with van der Waals surface area (Å²) in [5.74, 6) is 5.64. The molecule has 0 atom stereocenters. The van der Waals surface area contributed by atoms with Gasteiger partial charge in [-0.1, -0.05) is 24.3 Å². The lowest BCUT2D eigenvalue weighted by Gasteiger charge is -2.30. The van der Waals surface area contributed by atoms with E-state index < -0.39 is 0 Å². The summed E-state index contributed by atoms with van der Waals surface area (Å²) in [7, 11) is 2.10. The Morgan fingerprint density at radius 3 is 2.84 bits per heavy atom. The van der Waals surface area contributed by atoms with Gasteiger partial charge in [-0.2, -0.15) is 0 Å². The zero-order chi connectivity index (χ0) is 13.7. The second kappa shape index (κ2) is 6.70. The van der Waals surface area contributed by atoms with E-state index in [9.17, 15) is 4.39 Å². The molecule has 1 aliphatic carbocycles. The molecule has 3 heteroatoms. The summed E-state index contributed by atoms with van der Waals surface area (Å²) in [6.45, 7) is 1.67. The normalized spacial score (nSPS) is 14.9. The van der Waals surface area contributed by atoms with E-state index >= 15 is 0 Å². The highest BCUT2D eigenvalue weighted by atomic mass is 19.1. The zero-order valence-electron chi connectivity index (χ0n) is 11.3. The summed E-state index contributed by atoms with van der Waals surface area (Å²) in [6.07, 6.45) is 4.03. The highest BCUT2D eigenvalue weighted by Crippen LogP contribution is 2.27. The first-order valence-corrected chi connectivity index (χ1v) is 6.75. The predicted molar refractivity (Wildman–Crippen MR) is 74.0 cm³/mol. The van der Waals surface area contributed by atoms with Crippen molar-refractivity contribution in [1.29, 1.82) is 0 Å². The third-order valence-corrected chi connectivity index (χ3v) is 3.58. The lowest BCUT2D eigenvalue weighted by atomic mass is 9.85. The molecule has 1 N–H and O–H groups in total. The molecule has 2 nitrogen and oxygen atoms in total. The topological polar surface area (TPSA) is 23.5 Å². The maximum Gasteiger partial charge on any atom is 0.138 e. The fraction of sp³-hybridized carbons (Fsp3) is 0.500. The van der Waals surface area contributed by atoms with Gasteiger partial charge in [-0.25, -0.2) is 4.39 Å².